The van der Waals surface area contributed by atoms with Crippen LogP contribution in [0.25, 0.3) is 0 Å². The Hall–Kier alpha value is -1.36. The van der Waals surface area contributed by atoms with Crippen molar-refractivity contribution in [2.75, 3.05) is 6.61 Å². The molecule has 0 aliphatic carbocycles. The minimum Gasteiger partial charge on any atom is -0.377 e. The summed E-state index contributed by atoms with van der Waals surface area (Å²) in [5.74, 6) is 0. The number of unbranched alkanes of at least 4 members (excludes halogenated alkanes) is 5. The lowest BCUT2D eigenvalue weighted by molar-refractivity contribution is 0.115. The minimum absolute atomic E-state index is 0.251. The van der Waals surface area contributed by atoms with E-state index < -0.39 is 5.69 Å². The molecule has 0 unspecified atom stereocenters. The molecule has 0 aliphatic rings. The second-order valence-electron chi connectivity index (χ2n) is 4.42. The molecule has 1 aromatic heterocycles. The molecule has 0 aliphatic heterocycles. The van der Waals surface area contributed by atoms with Crippen LogP contribution < -0.4 is 11.2 Å². The predicted molar refractivity (Wildman–Crippen MR) is 70.7 cm³/mol. The zero-order valence-electron chi connectivity index (χ0n) is 11.0. The molecule has 0 aromatic carbocycles. The number of nitrogens with one attached hydrogen (secondary N) is 2. The zero-order chi connectivity index (χ0) is 13.2. The third-order valence-corrected chi connectivity index (χ3v) is 2.80. The number of hydrogen-bond acceptors (Lipinski definition) is 3. The van der Waals surface area contributed by atoms with Gasteiger partial charge in [-0.1, -0.05) is 39.0 Å². The summed E-state index contributed by atoms with van der Waals surface area (Å²) >= 11 is 0. The van der Waals surface area contributed by atoms with Crippen LogP contribution in [0.1, 0.15) is 51.0 Å². The Kier molecular flexibility index (Phi) is 7.10. The quantitative estimate of drug-likeness (QED) is 0.661. The Bertz CT molecular complexity index is 436. The monoisotopic (exact) mass is 254 g/mol. The van der Waals surface area contributed by atoms with E-state index in [1.165, 1.54) is 38.3 Å². The van der Waals surface area contributed by atoms with E-state index in [0.717, 1.165) is 6.42 Å². The van der Waals surface area contributed by atoms with E-state index in [0.29, 0.717) is 12.2 Å². The summed E-state index contributed by atoms with van der Waals surface area (Å²) in [7, 11) is 0. The van der Waals surface area contributed by atoms with Gasteiger partial charge >= 0.3 is 5.69 Å². The van der Waals surface area contributed by atoms with Gasteiger partial charge in [0.15, 0.2) is 0 Å². The highest BCUT2D eigenvalue weighted by atomic mass is 16.5. The molecule has 1 heterocycles. The Morgan fingerprint density at radius 2 is 1.83 bits per heavy atom. The first-order valence-electron chi connectivity index (χ1n) is 6.62. The highest BCUT2D eigenvalue weighted by Gasteiger charge is 1.99. The van der Waals surface area contributed by atoms with Gasteiger partial charge in [0.25, 0.3) is 5.56 Å². The molecule has 1 aromatic rings. The molecule has 5 nitrogen and oxygen atoms in total. The van der Waals surface area contributed by atoms with Crippen LogP contribution >= 0.6 is 0 Å². The number of H-pyrrole nitrogens is 2. The number of rotatable bonds is 9. The van der Waals surface area contributed by atoms with Crippen LogP contribution in [0.15, 0.2) is 15.8 Å². The minimum atomic E-state index is -0.486. The molecule has 0 fully saturated rings. The molecular weight excluding hydrogens is 232 g/mol. The Labute approximate surface area is 107 Å². The fourth-order valence-electron chi connectivity index (χ4n) is 1.71. The van der Waals surface area contributed by atoms with Crippen molar-refractivity contribution in [3.8, 4) is 0 Å². The fourth-order valence-corrected chi connectivity index (χ4v) is 1.71. The summed E-state index contributed by atoms with van der Waals surface area (Å²) in [6, 6.07) is 0. The van der Waals surface area contributed by atoms with Gasteiger partial charge in [0.05, 0.1) is 12.2 Å². The van der Waals surface area contributed by atoms with Crippen LogP contribution in [-0.2, 0) is 11.3 Å². The van der Waals surface area contributed by atoms with E-state index in [-0.39, 0.29) is 12.2 Å². The van der Waals surface area contributed by atoms with Crippen LogP contribution in [0.4, 0.5) is 0 Å². The van der Waals surface area contributed by atoms with E-state index in [1.807, 2.05) is 0 Å². The number of hydrogen-bond donors (Lipinski definition) is 2. The van der Waals surface area contributed by atoms with Crippen molar-refractivity contribution in [1.82, 2.24) is 9.97 Å². The molecule has 1 rings (SSSR count). The SMILES string of the molecule is CCCCCCCCOCc1c[nH]c(=O)[nH]c1=O. The average Bonchev–Trinajstić information content (AvgIpc) is 2.35. The first-order chi connectivity index (χ1) is 8.74. The summed E-state index contributed by atoms with van der Waals surface area (Å²) in [6.07, 6.45) is 8.68. The smallest absolute Gasteiger partial charge is 0.325 e. The largest absolute Gasteiger partial charge is 0.377 e. The predicted octanol–water partition coefficient (Wildman–Crippen LogP) is 1.94. The van der Waals surface area contributed by atoms with E-state index in [4.69, 9.17) is 4.74 Å². The van der Waals surface area contributed by atoms with Crippen molar-refractivity contribution in [2.24, 2.45) is 0 Å². The second kappa shape index (κ2) is 8.69. The normalized spacial score (nSPS) is 10.7. The topological polar surface area (TPSA) is 75.0 Å². The van der Waals surface area contributed by atoms with Gasteiger partial charge in [-0.05, 0) is 6.42 Å². The van der Waals surface area contributed by atoms with Gasteiger partial charge in [0.2, 0.25) is 0 Å². The lowest BCUT2D eigenvalue weighted by atomic mass is 10.1. The summed E-state index contributed by atoms with van der Waals surface area (Å²) < 4.78 is 5.40. The van der Waals surface area contributed by atoms with Gasteiger partial charge in [-0.2, -0.15) is 0 Å². The summed E-state index contributed by atoms with van der Waals surface area (Å²) in [5, 5.41) is 0. The van der Waals surface area contributed by atoms with Crippen molar-refractivity contribution in [2.45, 2.75) is 52.1 Å². The van der Waals surface area contributed by atoms with Crippen molar-refractivity contribution >= 4 is 0 Å². The van der Waals surface area contributed by atoms with Gasteiger partial charge in [0.1, 0.15) is 0 Å². The maximum absolute atomic E-state index is 11.3. The molecule has 0 amide bonds. The first kappa shape index (κ1) is 14.7. The molecule has 2 N–H and O–H groups in total. The van der Waals surface area contributed by atoms with Gasteiger partial charge in [-0.15, -0.1) is 0 Å². The van der Waals surface area contributed by atoms with E-state index in [9.17, 15) is 9.59 Å². The lowest BCUT2D eigenvalue weighted by Gasteiger charge is -2.03. The van der Waals surface area contributed by atoms with Crippen molar-refractivity contribution < 1.29 is 4.74 Å². The van der Waals surface area contributed by atoms with Crippen LogP contribution in [0.2, 0.25) is 0 Å². The summed E-state index contributed by atoms with van der Waals surface area (Å²) in [5.41, 5.74) is -0.401. The summed E-state index contributed by atoms with van der Waals surface area (Å²) in [4.78, 5) is 26.7. The third-order valence-electron chi connectivity index (χ3n) is 2.80. The maximum Gasteiger partial charge on any atom is 0.325 e. The maximum atomic E-state index is 11.3. The van der Waals surface area contributed by atoms with Crippen molar-refractivity contribution in [1.29, 1.82) is 0 Å². The Morgan fingerprint density at radius 3 is 2.56 bits per heavy atom. The van der Waals surface area contributed by atoms with Crippen LogP contribution in [0.5, 0.6) is 0 Å². The van der Waals surface area contributed by atoms with Crippen molar-refractivity contribution in [3.05, 3.63) is 32.6 Å². The fraction of sp³-hybridized carbons (Fsp3) is 0.692. The highest BCUT2D eigenvalue weighted by Crippen LogP contribution is 2.05. The van der Waals surface area contributed by atoms with E-state index >= 15 is 0 Å². The first-order valence-corrected chi connectivity index (χ1v) is 6.62. The molecule has 102 valence electrons. The Balaban J connectivity index is 2.11. The van der Waals surface area contributed by atoms with E-state index in [1.54, 1.807) is 0 Å². The van der Waals surface area contributed by atoms with E-state index in [2.05, 4.69) is 16.9 Å². The Morgan fingerprint density at radius 1 is 1.11 bits per heavy atom. The van der Waals surface area contributed by atoms with Gasteiger partial charge < -0.3 is 9.72 Å². The molecule has 0 radical (unpaired) electrons. The molecule has 0 bridgehead atoms. The molecule has 0 saturated carbocycles. The van der Waals surface area contributed by atoms with Gasteiger partial charge in [0, 0.05) is 12.8 Å². The number of aromatic nitrogens is 2. The molecule has 18 heavy (non-hydrogen) atoms. The lowest BCUT2D eigenvalue weighted by Crippen LogP contribution is -2.24. The molecule has 0 atom stereocenters. The molecular formula is C13H22N2O3. The third kappa shape index (κ3) is 5.82. The average molecular weight is 254 g/mol. The van der Waals surface area contributed by atoms with Gasteiger partial charge in [-0.3, -0.25) is 9.78 Å². The van der Waals surface area contributed by atoms with Crippen LogP contribution in [0, 0.1) is 0 Å². The standard InChI is InChI=1S/C13H22N2O3/c1-2-3-4-5-6-7-8-18-10-11-9-14-13(17)15-12(11)16/h9H,2-8,10H2,1H3,(H2,14,15,16,17). The number of ether oxygens (including phenoxy) is 1. The number of aromatic amines is 2. The van der Waals surface area contributed by atoms with Crippen molar-refractivity contribution in [3.63, 3.8) is 0 Å². The highest BCUT2D eigenvalue weighted by molar-refractivity contribution is 5.00. The van der Waals surface area contributed by atoms with Crippen LogP contribution in [0.3, 0.4) is 0 Å². The second-order valence-corrected chi connectivity index (χ2v) is 4.42. The zero-order valence-corrected chi connectivity index (χ0v) is 11.0. The molecule has 0 saturated heterocycles. The molecule has 5 heteroatoms. The summed E-state index contributed by atoms with van der Waals surface area (Å²) in [6.45, 7) is 3.11. The molecule has 0 spiro atoms. The van der Waals surface area contributed by atoms with Gasteiger partial charge in [-0.25, -0.2) is 4.79 Å². The van der Waals surface area contributed by atoms with Crippen LogP contribution in [-0.4, -0.2) is 16.6 Å².